The second kappa shape index (κ2) is 5.04. The number of amides is 2. The molecule has 2 heterocycles. The van der Waals surface area contributed by atoms with E-state index in [-0.39, 0.29) is 17.9 Å². The zero-order valence-corrected chi connectivity index (χ0v) is 12.4. The number of carbonyl (C=O) groups excluding carboxylic acids is 2. The summed E-state index contributed by atoms with van der Waals surface area (Å²) in [6, 6.07) is 10.5. The molecule has 0 unspecified atom stereocenters. The van der Waals surface area contributed by atoms with Gasteiger partial charge in [-0.15, -0.1) is 11.3 Å². The monoisotopic (exact) mass is 305 g/mol. The number of benzene rings is 1. The lowest BCUT2D eigenvalue weighted by molar-refractivity contribution is 0.0597. The van der Waals surface area contributed by atoms with Gasteiger partial charge in [-0.05, 0) is 31.2 Å². The summed E-state index contributed by atoms with van der Waals surface area (Å²) in [7, 11) is 0. The fourth-order valence-electron chi connectivity index (χ4n) is 2.45. The topological polar surface area (TPSA) is 37.4 Å². The van der Waals surface area contributed by atoms with Gasteiger partial charge in [0.2, 0.25) is 0 Å². The maximum absolute atomic E-state index is 12.3. The van der Waals surface area contributed by atoms with E-state index in [9.17, 15) is 9.59 Å². The molecule has 3 nitrogen and oxygen atoms in total. The number of imide groups is 1. The van der Waals surface area contributed by atoms with Crippen LogP contribution in [-0.4, -0.2) is 22.8 Å². The second-order valence-corrected chi connectivity index (χ2v) is 6.58. The van der Waals surface area contributed by atoms with E-state index in [1.54, 1.807) is 24.3 Å². The number of rotatable bonds is 3. The molecule has 20 heavy (non-hydrogen) atoms. The number of fused-ring (bicyclic) bond motifs is 1. The molecule has 2 amide bonds. The van der Waals surface area contributed by atoms with E-state index in [0.717, 1.165) is 9.21 Å². The van der Waals surface area contributed by atoms with Crippen molar-refractivity contribution >= 4 is 34.8 Å². The lowest BCUT2D eigenvalue weighted by Crippen LogP contribution is -2.39. The number of hydrogen-bond acceptors (Lipinski definition) is 3. The van der Waals surface area contributed by atoms with E-state index >= 15 is 0 Å². The highest BCUT2D eigenvalue weighted by molar-refractivity contribution is 7.16. The van der Waals surface area contributed by atoms with Gasteiger partial charge < -0.3 is 0 Å². The van der Waals surface area contributed by atoms with Crippen LogP contribution >= 0.6 is 22.9 Å². The first kappa shape index (κ1) is 13.3. The molecule has 3 rings (SSSR count). The zero-order valence-electron chi connectivity index (χ0n) is 10.8. The van der Waals surface area contributed by atoms with Gasteiger partial charge in [0, 0.05) is 17.3 Å². The molecule has 1 aromatic heterocycles. The van der Waals surface area contributed by atoms with Crippen LogP contribution in [0.2, 0.25) is 4.34 Å². The van der Waals surface area contributed by atoms with Gasteiger partial charge in [0.25, 0.3) is 11.8 Å². The first-order chi connectivity index (χ1) is 9.58. The summed E-state index contributed by atoms with van der Waals surface area (Å²) in [6.45, 7) is 1.88. The van der Waals surface area contributed by atoms with Crippen LogP contribution in [0, 0.1) is 0 Å². The van der Waals surface area contributed by atoms with Crippen molar-refractivity contribution in [2.45, 2.75) is 19.4 Å². The van der Waals surface area contributed by atoms with E-state index in [4.69, 9.17) is 11.6 Å². The summed E-state index contributed by atoms with van der Waals surface area (Å²) in [5, 5.41) is 0. The Kier molecular flexibility index (Phi) is 3.36. The number of nitrogens with zero attached hydrogens (tertiary/aromatic N) is 1. The molecular weight excluding hydrogens is 294 g/mol. The van der Waals surface area contributed by atoms with Gasteiger partial charge in [-0.25, -0.2) is 0 Å². The van der Waals surface area contributed by atoms with Crippen molar-refractivity contribution in [3.63, 3.8) is 0 Å². The first-order valence-electron chi connectivity index (χ1n) is 6.29. The third-order valence-electron chi connectivity index (χ3n) is 3.39. The summed E-state index contributed by atoms with van der Waals surface area (Å²) in [4.78, 5) is 27.1. The van der Waals surface area contributed by atoms with Crippen molar-refractivity contribution in [2.75, 3.05) is 0 Å². The third-order valence-corrected chi connectivity index (χ3v) is 4.65. The molecular formula is C15H12ClNO2S. The molecule has 102 valence electrons. The highest BCUT2D eigenvalue weighted by Crippen LogP contribution is 2.28. The highest BCUT2D eigenvalue weighted by Gasteiger charge is 2.38. The minimum absolute atomic E-state index is 0.183. The molecule has 0 aliphatic carbocycles. The standard InChI is InChI=1S/C15H12ClNO2S/c1-9(8-10-6-7-13(16)20-10)17-14(18)11-4-2-3-5-12(11)15(17)19/h2-7,9H,8H2,1H3/t9-/m1/s1. The summed E-state index contributed by atoms with van der Waals surface area (Å²) in [5.74, 6) is -0.415. The van der Waals surface area contributed by atoms with Crippen LogP contribution in [0.1, 0.15) is 32.5 Å². The molecule has 0 bridgehead atoms. The van der Waals surface area contributed by atoms with Crippen molar-refractivity contribution in [1.29, 1.82) is 0 Å². The molecule has 0 spiro atoms. The van der Waals surface area contributed by atoms with Gasteiger partial charge in [0.05, 0.1) is 15.5 Å². The van der Waals surface area contributed by atoms with Gasteiger partial charge >= 0.3 is 0 Å². The smallest absolute Gasteiger partial charge is 0.261 e. The van der Waals surface area contributed by atoms with Crippen LogP contribution in [-0.2, 0) is 6.42 Å². The lowest BCUT2D eigenvalue weighted by Gasteiger charge is -2.21. The normalized spacial score (nSPS) is 15.6. The van der Waals surface area contributed by atoms with E-state index in [2.05, 4.69) is 0 Å². The van der Waals surface area contributed by atoms with Crippen LogP contribution < -0.4 is 0 Å². The fraction of sp³-hybridized carbons (Fsp3) is 0.200. The quantitative estimate of drug-likeness (QED) is 0.812. The molecule has 2 aromatic rings. The third kappa shape index (κ3) is 2.15. The number of thiophene rings is 1. The number of hydrogen-bond donors (Lipinski definition) is 0. The Hall–Kier alpha value is -1.65. The Bertz CT molecular complexity index is 660. The van der Waals surface area contributed by atoms with Crippen molar-refractivity contribution in [3.05, 3.63) is 56.7 Å². The van der Waals surface area contributed by atoms with E-state index in [0.29, 0.717) is 17.5 Å². The minimum Gasteiger partial charge on any atom is -0.271 e. The van der Waals surface area contributed by atoms with E-state index in [1.165, 1.54) is 16.2 Å². The Balaban J connectivity index is 1.85. The fourth-order valence-corrected chi connectivity index (χ4v) is 3.66. The average molecular weight is 306 g/mol. The SMILES string of the molecule is C[C@H](Cc1ccc(Cl)s1)N1C(=O)c2ccccc2C1=O. The average Bonchev–Trinajstić information content (AvgIpc) is 2.93. The maximum atomic E-state index is 12.3. The molecule has 0 fully saturated rings. The van der Waals surface area contributed by atoms with Crippen LogP contribution in [0.25, 0.3) is 0 Å². The van der Waals surface area contributed by atoms with Gasteiger partial charge in [0.1, 0.15) is 0 Å². The molecule has 1 atom stereocenters. The van der Waals surface area contributed by atoms with Crippen LogP contribution in [0.15, 0.2) is 36.4 Å². The van der Waals surface area contributed by atoms with Crippen molar-refractivity contribution in [3.8, 4) is 0 Å². The maximum Gasteiger partial charge on any atom is 0.261 e. The molecule has 5 heteroatoms. The molecule has 0 saturated heterocycles. The molecule has 1 aromatic carbocycles. The molecule has 0 saturated carbocycles. The Labute approximate surface area is 125 Å². The Morgan fingerprint density at radius 2 is 1.70 bits per heavy atom. The molecule has 1 aliphatic heterocycles. The van der Waals surface area contributed by atoms with Gasteiger partial charge in [-0.1, -0.05) is 23.7 Å². The largest absolute Gasteiger partial charge is 0.271 e. The van der Waals surface area contributed by atoms with Crippen LogP contribution in [0.3, 0.4) is 0 Å². The Morgan fingerprint density at radius 1 is 1.10 bits per heavy atom. The van der Waals surface area contributed by atoms with Crippen LogP contribution in [0.4, 0.5) is 0 Å². The Morgan fingerprint density at radius 3 is 2.20 bits per heavy atom. The van der Waals surface area contributed by atoms with Gasteiger partial charge in [0.15, 0.2) is 0 Å². The molecule has 0 radical (unpaired) electrons. The molecule has 0 N–H and O–H groups in total. The number of carbonyl (C=O) groups is 2. The van der Waals surface area contributed by atoms with Gasteiger partial charge in [-0.2, -0.15) is 0 Å². The van der Waals surface area contributed by atoms with Crippen molar-refractivity contribution < 1.29 is 9.59 Å². The summed E-state index contributed by atoms with van der Waals surface area (Å²) in [5.41, 5.74) is 0.988. The highest BCUT2D eigenvalue weighted by atomic mass is 35.5. The van der Waals surface area contributed by atoms with Gasteiger partial charge in [-0.3, -0.25) is 14.5 Å². The summed E-state index contributed by atoms with van der Waals surface area (Å²) >= 11 is 7.38. The second-order valence-electron chi connectivity index (χ2n) is 4.78. The first-order valence-corrected chi connectivity index (χ1v) is 7.48. The lowest BCUT2D eigenvalue weighted by atomic mass is 10.1. The van der Waals surface area contributed by atoms with E-state index < -0.39 is 0 Å². The van der Waals surface area contributed by atoms with E-state index in [1.807, 2.05) is 19.1 Å². The number of halogens is 1. The zero-order chi connectivity index (χ0) is 14.3. The van der Waals surface area contributed by atoms with Crippen molar-refractivity contribution in [1.82, 2.24) is 4.90 Å². The van der Waals surface area contributed by atoms with Crippen molar-refractivity contribution in [2.24, 2.45) is 0 Å². The predicted molar refractivity (Wildman–Crippen MR) is 79.4 cm³/mol. The molecule has 1 aliphatic rings. The summed E-state index contributed by atoms with van der Waals surface area (Å²) in [6.07, 6.45) is 0.628. The minimum atomic E-state index is -0.208. The van der Waals surface area contributed by atoms with Crippen LogP contribution in [0.5, 0.6) is 0 Å². The summed E-state index contributed by atoms with van der Waals surface area (Å²) < 4.78 is 0.717. The predicted octanol–water partition coefficient (Wildman–Crippen LogP) is 3.63.